The molecule has 2 aromatic heterocycles. The summed E-state index contributed by atoms with van der Waals surface area (Å²) in [6, 6.07) is 7.92. The third-order valence-electron chi connectivity index (χ3n) is 7.96. The zero-order valence-electron chi connectivity index (χ0n) is 21.4. The van der Waals surface area contributed by atoms with Gasteiger partial charge in [-0.15, -0.1) is 0 Å². The molecule has 38 heavy (non-hydrogen) atoms. The minimum atomic E-state index is -0.726. The Morgan fingerprint density at radius 3 is 2.87 bits per heavy atom. The topological polar surface area (TPSA) is 108 Å². The lowest BCUT2D eigenvalue weighted by Gasteiger charge is -2.39. The molecule has 0 bridgehead atoms. The number of aliphatic carboxylic acids is 1. The van der Waals surface area contributed by atoms with Crippen LogP contribution in [0.2, 0.25) is 10.0 Å². The molecule has 3 aromatic rings. The molecule has 3 heterocycles. The Bertz CT molecular complexity index is 1450. The first-order valence-electron chi connectivity index (χ1n) is 13.0. The molecule has 4 atom stereocenters. The van der Waals surface area contributed by atoms with Gasteiger partial charge in [0.05, 0.1) is 17.9 Å². The van der Waals surface area contributed by atoms with Gasteiger partial charge in [0.1, 0.15) is 11.6 Å². The van der Waals surface area contributed by atoms with Crippen molar-refractivity contribution in [1.29, 1.82) is 5.26 Å². The standard InChI is InChI=1S/C28H30Cl2N6O2/c1-16-12-18(5-9-25(16)35-11-3-4-20(35)7-10-26(37)38)24-15-32-27-23(14-31)34-36(28(27)33-24)17(2)21-8-6-19(29)13-22(21)30/h5-6,8,13,15-17,20,25H,3-4,7,9-12H2,1-2H3,(H,37,38)/t16?,17?,20-,25?/m0/s1. The Morgan fingerprint density at radius 2 is 2.16 bits per heavy atom. The molecule has 5 rings (SSSR count). The average Bonchev–Trinajstić information content (AvgIpc) is 3.51. The van der Waals surface area contributed by atoms with E-state index >= 15 is 0 Å². The number of aromatic nitrogens is 4. The highest BCUT2D eigenvalue weighted by molar-refractivity contribution is 6.35. The number of nitrogens with zero attached hydrogens (tertiary/aromatic N) is 6. The van der Waals surface area contributed by atoms with Crippen molar-refractivity contribution in [1.82, 2.24) is 24.6 Å². The minimum absolute atomic E-state index is 0.219. The van der Waals surface area contributed by atoms with Crippen LogP contribution in [0, 0.1) is 17.2 Å². The van der Waals surface area contributed by atoms with Crippen LogP contribution in [0.15, 0.2) is 30.5 Å². The smallest absolute Gasteiger partial charge is 0.303 e. The van der Waals surface area contributed by atoms with Crippen molar-refractivity contribution in [3.05, 3.63) is 57.5 Å². The number of hydrogen-bond acceptors (Lipinski definition) is 6. The van der Waals surface area contributed by atoms with Crippen molar-refractivity contribution in [2.24, 2.45) is 5.92 Å². The van der Waals surface area contributed by atoms with Gasteiger partial charge >= 0.3 is 5.97 Å². The molecule has 8 nitrogen and oxygen atoms in total. The lowest BCUT2D eigenvalue weighted by atomic mass is 9.83. The number of carbonyl (C=O) groups is 1. The number of hydrogen-bond donors (Lipinski definition) is 1. The molecule has 1 saturated heterocycles. The van der Waals surface area contributed by atoms with Crippen LogP contribution < -0.4 is 0 Å². The molecule has 1 aliphatic carbocycles. The van der Waals surface area contributed by atoms with Gasteiger partial charge in [-0.25, -0.2) is 14.6 Å². The predicted octanol–water partition coefficient (Wildman–Crippen LogP) is 6.13. The number of fused-ring (bicyclic) bond motifs is 1. The molecule has 1 fully saturated rings. The molecule has 0 saturated carbocycles. The van der Waals surface area contributed by atoms with Gasteiger partial charge in [-0.05, 0) is 74.8 Å². The number of nitriles is 1. The molecule has 1 aromatic carbocycles. The molecule has 198 valence electrons. The van der Waals surface area contributed by atoms with Crippen LogP contribution in [0.5, 0.6) is 0 Å². The maximum absolute atomic E-state index is 11.1. The Labute approximate surface area is 231 Å². The number of halogens is 2. The van der Waals surface area contributed by atoms with E-state index in [1.165, 1.54) is 0 Å². The Balaban J connectivity index is 1.43. The molecule has 3 unspecified atom stereocenters. The van der Waals surface area contributed by atoms with Crippen molar-refractivity contribution in [2.75, 3.05) is 6.54 Å². The summed E-state index contributed by atoms with van der Waals surface area (Å²) in [7, 11) is 0. The van der Waals surface area contributed by atoms with Crippen LogP contribution in [-0.2, 0) is 4.79 Å². The van der Waals surface area contributed by atoms with Crippen LogP contribution in [0.3, 0.4) is 0 Å². The molecule has 0 amide bonds. The molecule has 2 aliphatic rings. The Hall–Kier alpha value is -2.99. The SMILES string of the molecule is CC1CC(c2cnc3c(C#N)nn(C(C)c4ccc(Cl)cc4Cl)c3n2)=CCC1N1CCC[C@H]1CCC(=O)O. The number of carboxylic acids is 1. The summed E-state index contributed by atoms with van der Waals surface area (Å²) in [5.41, 5.74) is 3.98. The molecular formula is C28H30Cl2N6O2. The van der Waals surface area contributed by atoms with E-state index in [0.717, 1.165) is 49.1 Å². The van der Waals surface area contributed by atoms with E-state index in [-0.39, 0.29) is 18.2 Å². The zero-order valence-corrected chi connectivity index (χ0v) is 23.0. The van der Waals surface area contributed by atoms with E-state index in [9.17, 15) is 10.1 Å². The highest BCUT2D eigenvalue weighted by Gasteiger charge is 2.35. The quantitative estimate of drug-likeness (QED) is 0.375. The van der Waals surface area contributed by atoms with E-state index in [1.807, 2.05) is 13.0 Å². The Morgan fingerprint density at radius 1 is 1.34 bits per heavy atom. The molecule has 1 N–H and O–H groups in total. The molecule has 1 aliphatic heterocycles. The highest BCUT2D eigenvalue weighted by Crippen LogP contribution is 2.37. The van der Waals surface area contributed by atoms with Crippen LogP contribution in [0.1, 0.15) is 75.4 Å². The molecule has 0 radical (unpaired) electrons. The second-order valence-electron chi connectivity index (χ2n) is 10.4. The monoisotopic (exact) mass is 552 g/mol. The maximum Gasteiger partial charge on any atom is 0.303 e. The first-order valence-corrected chi connectivity index (χ1v) is 13.8. The lowest BCUT2D eigenvalue weighted by molar-refractivity contribution is -0.137. The van der Waals surface area contributed by atoms with Gasteiger partial charge in [0.25, 0.3) is 0 Å². The van der Waals surface area contributed by atoms with Crippen molar-refractivity contribution >= 4 is 45.9 Å². The average molecular weight is 553 g/mol. The first-order chi connectivity index (χ1) is 18.3. The summed E-state index contributed by atoms with van der Waals surface area (Å²) >= 11 is 12.6. The third kappa shape index (κ3) is 5.15. The molecule has 0 spiro atoms. The van der Waals surface area contributed by atoms with Crippen LogP contribution in [-0.4, -0.2) is 54.4 Å². The summed E-state index contributed by atoms with van der Waals surface area (Å²) in [6.07, 6.45) is 8.83. The zero-order chi connectivity index (χ0) is 27.0. The van der Waals surface area contributed by atoms with Gasteiger partial charge in [0, 0.05) is 28.5 Å². The Kier molecular flexibility index (Phi) is 7.71. The van der Waals surface area contributed by atoms with Crippen LogP contribution >= 0.6 is 23.2 Å². The number of benzene rings is 1. The predicted molar refractivity (Wildman–Crippen MR) is 147 cm³/mol. The van der Waals surface area contributed by atoms with Crippen molar-refractivity contribution in [3.8, 4) is 6.07 Å². The fraction of sp³-hybridized carbons (Fsp3) is 0.464. The minimum Gasteiger partial charge on any atom is -0.481 e. The van der Waals surface area contributed by atoms with E-state index in [1.54, 1.807) is 23.0 Å². The summed E-state index contributed by atoms with van der Waals surface area (Å²) in [5, 5.41) is 24.4. The fourth-order valence-electron chi connectivity index (χ4n) is 6.01. The number of rotatable bonds is 7. The van der Waals surface area contributed by atoms with Crippen molar-refractivity contribution in [2.45, 2.75) is 70.5 Å². The summed E-state index contributed by atoms with van der Waals surface area (Å²) in [6.45, 7) is 5.24. The maximum atomic E-state index is 11.1. The summed E-state index contributed by atoms with van der Waals surface area (Å²) < 4.78 is 1.71. The van der Waals surface area contributed by atoms with Gasteiger partial charge in [0.15, 0.2) is 11.3 Å². The number of carboxylic acid groups (broad SMARTS) is 1. The van der Waals surface area contributed by atoms with Gasteiger partial charge in [0.2, 0.25) is 0 Å². The summed E-state index contributed by atoms with van der Waals surface area (Å²) in [4.78, 5) is 23.2. The van der Waals surface area contributed by atoms with E-state index in [2.05, 4.69) is 34.1 Å². The van der Waals surface area contributed by atoms with Gasteiger partial charge in [-0.1, -0.05) is 42.3 Å². The van der Waals surface area contributed by atoms with E-state index in [4.69, 9.17) is 33.3 Å². The van der Waals surface area contributed by atoms with E-state index < -0.39 is 5.97 Å². The molecule has 10 heteroatoms. The number of allylic oxidation sites excluding steroid dienone is 1. The van der Waals surface area contributed by atoms with Crippen molar-refractivity contribution < 1.29 is 9.90 Å². The second kappa shape index (κ2) is 11.0. The normalized spacial score (nSPS) is 22.8. The van der Waals surface area contributed by atoms with Crippen LogP contribution in [0.25, 0.3) is 16.7 Å². The van der Waals surface area contributed by atoms with Gasteiger partial charge in [-0.3, -0.25) is 9.69 Å². The largest absolute Gasteiger partial charge is 0.481 e. The van der Waals surface area contributed by atoms with Gasteiger partial charge in [-0.2, -0.15) is 10.4 Å². The van der Waals surface area contributed by atoms with Crippen molar-refractivity contribution in [3.63, 3.8) is 0 Å². The molecular weight excluding hydrogens is 523 g/mol. The first kappa shape index (κ1) is 26.6. The van der Waals surface area contributed by atoms with Crippen LogP contribution in [0.4, 0.5) is 0 Å². The number of likely N-dealkylation sites (tertiary alicyclic amines) is 1. The van der Waals surface area contributed by atoms with Gasteiger partial charge < -0.3 is 5.11 Å². The lowest BCUT2D eigenvalue weighted by Crippen LogP contribution is -2.44. The van der Waals surface area contributed by atoms with E-state index in [0.29, 0.717) is 45.6 Å². The highest BCUT2D eigenvalue weighted by atomic mass is 35.5. The third-order valence-corrected chi connectivity index (χ3v) is 8.52. The fourth-order valence-corrected chi connectivity index (χ4v) is 6.57. The summed E-state index contributed by atoms with van der Waals surface area (Å²) in [5.74, 6) is -0.333. The second-order valence-corrected chi connectivity index (χ2v) is 11.2.